The lowest BCUT2D eigenvalue weighted by atomic mass is 10.1. The van der Waals surface area contributed by atoms with Crippen molar-refractivity contribution in [1.29, 1.82) is 0 Å². The molecule has 0 spiro atoms. The van der Waals surface area contributed by atoms with Crippen LogP contribution < -0.4 is 14.8 Å². The second-order valence-corrected chi connectivity index (χ2v) is 5.10. The van der Waals surface area contributed by atoms with Crippen LogP contribution in [0, 0.1) is 0 Å². The van der Waals surface area contributed by atoms with Crippen LogP contribution in [0.5, 0.6) is 11.5 Å². The molecule has 0 amide bonds. The molecule has 1 atom stereocenters. The fraction of sp³-hybridized carbons (Fsp3) is 0.625. The van der Waals surface area contributed by atoms with Crippen LogP contribution in [0.1, 0.15) is 18.4 Å². The van der Waals surface area contributed by atoms with E-state index in [9.17, 15) is 0 Å². The minimum Gasteiger partial charge on any atom is -0.497 e. The Morgan fingerprint density at radius 2 is 2.24 bits per heavy atom. The number of hydrogen-bond acceptors (Lipinski definition) is 5. The van der Waals surface area contributed by atoms with E-state index in [-0.39, 0.29) is 6.10 Å². The van der Waals surface area contributed by atoms with E-state index in [2.05, 4.69) is 5.32 Å². The Bertz CT molecular complexity index is 419. The van der Waals surface area contributed by atoms with Crippen molar-refractivity contribution in [2.24, 2.45) is 0 Å². The van der Waals surface area contributed by atoms with E-state index >= 15 is 0 Å². The topological polar surface area (TPSA) is 49.0 Å². The van der Waals surface area contributed by atoms with Crippen LogP contribution in [-0.2, 0) is 16.0 Å². The van der Waals surface area contributed by atoms with Crippen LogP contribution in [0.15, 0.2) is 18.2 Å². The molecule has 1 aromatic carbocycles. The minimum atomic E-state index is 0.128. The quantitative estimate of drug-likeness (QED) is 0.743. The van der Waals surface area contributed by atoms with E-state index in [4.69, 9.17) is 18.9 Å². The van der Waals surface area contributed by atoms with Crippen LogP contribution in [0.3, 0.4) is 0 Å². The summed E-state index contributed by atoms with van der Waals surface area (Å²) in [6.45, 7) is 3.75. The monoisotopic (exact) mass is 295 g/mol. The van der Waals surface area contributed by atoms with Gasteiger partial charge in [0.15, 0.2) is 0 Å². The first kappa shape index (κ1) is 16.1. The lowest BCUT2D eigenvalue weighted by molar-refractivity contribution is 0.00692. The predicted octanol–water partition coefficient (Wildman–Crippen LogP) is 1.99. The number of methoxy groups -OCH3 is 2. The molecule has 21 heavy (non-hydrogen) atoms. The normalized spacial score (nSPS) is 18.5. The summed E-state index contributed by atoms with van der Waals surface area (Å²) in [7, 11) is 3.37. The van der Waals surface area contributed by atoms with Crippen LogP contribution in [0.25, 0.3) is 0 Å². The summed E-state index contributed by atoms with van der Waals surface area (Å²) in [5.41, 5.74) is 1.12. The Hall–Kier alpha value is -1.30. The summed E-state index contributed by atoms with van der Waals surface area (Å²) in [4.78, 5) is 0. The molecule has 0 aliphatic carbocycles. The molecular weight excluding hydrogens is 270 g/mol. The molecule has 1 saturated heterocycles. The van der Waals surface area contributed by atoms with Gasteiger partial charge in [-0.25, -0.2) is 0 Å². The highest BCUT2D eigenvalue weighted by Crippen LogP contribution is 2.27. The highest BCUT2D eigenvalue weighted by atomic mass is 16.5. The zero-order valence-corrected chi connectivity index (χ0v) is 12.9. The third-order valence-electron chi connectivity index (χ3n) is 3.48. The van der Waals surface area contributed by atoms with Gasteiger partial charge in [-0.3, -0.25) is 0 Å². The summed E-state index contributed by atoms with van der Waals surface area (Å²) in [6, 6.07) is 5.94. The van der Waals surface area contributed by atoms with Gasteiger partial charge < -0.3 is 24.3 Å². The third-order valence-corrected chi connectivity index (χ3v) is 3.48. The number of nitrogens with one attached hydrogen (secondary N) is 1. The van der Waals surface area contributed by atoms with Crippen molar-refractivity contribution in [1.82, 2.24) is 5.32 Å². The first-order valence-corrected chi connectivity index (χ1v) is 7.44. The van der Waals surface area contributed by atoms with Crippen molar-refractivity contribution in [3.8, 4) is 11.5 Å². The molecule has 2 rings (SSSR count). The molecular formula is C16H25NO4. The summed E-state index contributed by atoms with van der Waals surface area (Å²) >= 11 is 0. The summed E-state index contributed by atoms with van der Waals surface area (Å²) in [5.74, 6) is 1.68. The van der Waals surface area contributed by atoms with Gasteiger partial charge in [0.25, 0.3) is 0 Å². The molecule has 118 valence electrons. The van der Waals surface area contributed by atoms with Gasteiger partial charge >= 0.3 is 0 Å². The van der Waals surface area contributed by atoms with Crippen LogP contribution >= 0.6 is 0 Å². The highest BCUT2D eigenvalue weighted by Gasteiger charge is 2.17. The van der Waals surface area contributed by atoms with Crippen molar-refractivity contribution in [2.45, 2.75) is 25.5 Å². The van der Waals surface area contributed by atoms with Gasteiger partial charge in [0.05, 0.1) is 20.3 Å². The number of hydrogen-bond donors (Lipinski definition) is 1. The highest BCUT2D eigenvalue weighted by molar-refractivity contribution is 5.41. The summed E-state index contributed by atoms with van der Waals surface area (Å²) < 4.78 is 21.9. The standard InChI is InChI=1S/C16H25NO4/c1-18-9-7-17-11-13-5-6-14(19-2)10-16(13)21-15-4-3-8-20-12-15/h5-6,10,15,17H,3-4,7-9,11-12H2,1-2H3. The van der Waals surface area contributed by atoms with Gasteiger partial charge in [0.1, 0.15) is 17.6 Å². The minimum absolute atomic E-state index is 0.128. The fourth-order valence-corrected chi connectivity index (χ4v) is 2.30. The molecule has 0 aromatic heterocycles. The Balaban J connectivity index is 1.99. The van der Waals surface area contributed by atoms with E-state index < -0.39 is 0 Å². The largest absolute Gasteiger partial charge is 0.497 e. The van der Waals surface area contributed by atoms with Gasteiger partial charge in [-0.1, -0.05) is 6.07 Å². The lowest BCUT2D eigenvalue weighted by Crippen LogP contribution is -2.28. The number of ether oxygens (including phenoxy) is 4. The molecule has 1 aliphatic heterocycles. The zero-order valence-electron chi connectivity index (χ0n) is 12.9. The Morgan fingerprint density at radius 3 is 2.95 bits per heavy atom. The molecule has 1 aliphatic rings. The summed E-state index contributed by atoms with van der Waals surface area (Å²) in [6.07, 6.45) is 2.22. The molecule has 1 heterocycles. The molecule has 5 heteroatoms. The van der Waals surface area contributed by atoms with Crippen LogP contribution in [-0.4, -0.2) is 46.7 Å². The van der Waals surface area contributed by atoms with Crippen LogP contribution in [0.2, 0.25) is 0 Å². The van der Waals surface area contributed by atoms with E-state index in [0.717, 1.165) is 49.6 Å². The van der Waals surface area contributed by atoms with E-state index in [1.165, 1.54) is 0 Å². The van der Waals surface area contributed by atoms with E-state index in [1.54, 1.807) is 14.2 Å². The van der Waals surface area contributed by atoms with Crippen molar-refractivity contribution in [3.05, 3.63) is 23.8 Å². The summed E-state index contributed by atoms with van der Waals surface area (Å²) in [5, 5.41) is 3.34. The first-order valence-electron chi connectivity index (χ1n) is 7.44. The molecule has 1 N–H and O–H groups in total. The number of rotatable bonds is 8. The van der Waals surface area contributed by atoms with Crippen molar-refractivity contribution < 1.29 is 18.9 Å². The maximum absolute atomic E-state index is 6.11. The molecule has 0 bridgehead atoms. The molecule has 0 saturated carbocycles. The predicted molar refractivity (Wildman–Crippen MR) is 81.0 cm³/mol. The average Bonchev–Trinajstić information content (AvgIpc) is 2.53. The van der Waals surface area contributed by atoms with Gasteiger partial charge in [-0.05, 0) is 18.9 Å². The second kappa shape index (κ2) is 8.87. The lowest BCUT2D eigenvalue weighted by Gasteiger charge is -2.25. The fourth-order valence-electron chi connectivity index (χ4n) is 2.30. The van der Waals surface area contributed by atoms with Crippen LogP contribution in [0.4, 0.5) is 0 Å². The molecule has 0 radical (unpaired) electrons. The molecule has 1 fully saturated rings. The maximum Gasteiger partial charge on any atom is 0.128 e. The van der Waals surface area contributed by atoms with Crippen molar-refractivity contribution in [3.63, 3.8) is 0 Å². The molecule has 5 nitrogen and oxygen atoms in total. The maximum atomic E-state index is 6.11. The van der Waals surface area contributed by atoms with Crippen molar-refractivity contribution >= 4 is 0 Å². The Morgan fingerprint density at radius 1 is 1.33 bits per heavy atom. The Labute approximate surface area is 126 Å². The Kier molecular flexibility index (Phi) is 6.79. The van der Waals surface area contributed by atoms with E-state index in [0.29, 0.717) is 13.2 Å². The third kappa shape index (κ3) is 5.19. The van der Waals surface area contributed by atoms with Gasteiger partial charge in [0, 0.05) is 38.4 Å². The second-order valence-electron chi connectivity index (χ2n) is 5.10. The van der Waals surface area contributed by atoms with Gasteiger partial charge in [-0.15, -0.1) is 0 Å². The number of benzene rings is 1. The molecule has 1 aromatic rings. The van der Waals surface area contributed by atoms with Gasteiger partial charge in [-0.2, -0.15) is 0 Å². The van der Waals surface area contributed by atoms with Gasteiger partial charge in [0.2, 0.25) is 0 Å². The first-order chi connectivity index (χ1) is 10.3. The van der Waals surface area contributed by atoms with Crippen molar-refractivity contribution in [2.75, 3.05) is 40.6 Å². The van der Waals surface area contributed by atoms with E-state index in [1.807, 2.05) is 18.2 Å². The average molecular weight is 295 g/mol. The SMILES string of the molecule is COCCNCc1ccc(OC)cc1OC1CCCOC1. The zero-order chi connectivity index (χ0) is 14.9. The smallest absolute Gasteiger partial charge is 0.128 e. The molecule has 1 unspecified atom stereocenters.